The lowest BCUT2D eigenvalue weighted by Crippen LogP contribution is -2.25. The van der Waals surface area contributed by atoms with Crippen molar-refractivity contribution >= 4 is 40.9 Å². The van der Waals surface area contributed by atoms with Gasteiger partial charge in [0.2, 0.25) is 0 Å². The van der Waals surface area contributed by atoms with Crippen LogP contribution in [0.1, 0.15) is 32.9 Å². The highest BCUT2D eigenvalue weighted by atomic mass is 35.5. The lowest BCUT2D eigenvalue weighted by Gasteiger charge is -2.14. The van der Waals surface area contributed by atoms with Crippen LogP contribution in [0.5, 0.6) is 0 Å². The molecule has 0 fully saturated rings. The highest BCUT2D eigenvalue weighted by Gasteiger charge is 2.18. The average Bonchev–Trinajstić information content (AvgIpc) is 3.21. The minimum absolute atomic E-state index is 0.188. The van der Waals surface area contributed by atoms with Gasteiger partial charge in [-0.25, -0.2) is 0 Å². The van der Waals surface area contributed by atoms with Crippen molar-refractivity contribution in [3.05, 3.63) is 105 Å². The molecule has 0 bridgehead atoms. The van der Waals surface area contributed by atoms with E-state index in [2.05, 4.69) is 34.6 Å². The summed E-state index contributed by atoms with van der Waals surface area (Å²) in [5.41, 5.74) is 4.77. The van der Waals surface area contributed by atoms with Crippen LogP contribution in [0.2, 0.25) is 10.0 Å². The Morgan fingerprint density at radius 3 is 2.52 bits per heavy atom. The van der Waals surface area contributed by atoms with Crippen molar-refractivity contribution in [1.29, 1.82) is 0 Å². The van der Waals surface area contributed by atoms with Crippen molar-refractivity contribution < 1.29 is 4.79 Å². The van der Waals surface area contributed by atoms with Gasteiger partial charge in [0.15, 0.2) is 11.0 Å². The summed E-state index contributed by atoms with van der Waals surface area (Å²) >= 11 is 14.1. The van der Waals surface area contributed by atoms with Crippen LogP contribution in [0.15, 0.2) is 71.9 Å². The van der Waals surface area contributed by atoms with E-state index in [4.69, 9.17) is 23.2 Å². The first kappa shape index (κ1) is 23.4. The Kier molecular flexibility index (Phi) is 7.38. The molecule has 1 amide bonds. The number of benzene rings is 3. The van der Waals surface area contributed by atoms with Gasteiger partial charge in [-0.2, -0.15) is 0 Å². The van der Waals surface area contributed by atoms with Gasteiger partial charge < -0.3 is 5.32 Å². The minimum Gasteiger partial charge on any atom is -0.345 e. The average molecular weight is 497 g/mol. The fraction of sp³-hybridized carbons (Fsp3) is 0.160. The van der Waals surface area contributed by atoms with Crippen LogP contribution < -0.4 is 5.32 Å². The number of thioether (sulfide) groups is 1. The number of carbonyl (C=O) groups is 1. The summed E-state index contributed by atoms with van der Waals surface area (Å²) < 4.78 is 1.96. The summed E-state index contributed by atoms with van der Waals surface area (Å²) in [5.74, 6) is 1.08. The van der Waals surface area contributed by atoms with E-state index in [-0.39, 0.29) is 12.5 Å². The van der Waals surface area contributed by atoms with Crippen molar-refractivity contribution in [3.63, 3.8) is 0 Å². The van der Waals surface area contributed by atoms with E-state index < -0.39 is 0 Å². The van der Waals surface area contributed by atoms with Crippen LogP contribution in [0.4, 0.5) is 0 Å². The molecule has 1 heterocycles. The van der Waals surface area contributed by atoms with Gasteiger partial charge in [0, 0.05) is 10.8 Å². The zero-order valence-corrected chi connectivity index (χ0v) is 20.5. The third-order valence-corrected chi connectivity index (χ3v) is 6.80. The molecule has 5 nitrogen and oxygen atoms in total. The first-order valence-corrected chi connectivity index (χ1v) is 12.1. The molecule has 4 rings (SSSR count). The monoisotopic (exact) mass is 496 g/mol. The topological polar surface area (TPSA) is 59.8 Å². The zero-order chi connectivity index (χ0) is 23.4. The zero-order valence-electron chi connectivity index (χ0n) is 18.2. The molecular weight excluding hydrogens is 475 g/mol. The van der Waals surface area contributed by atoms with Gasteiger partial charge in [0.1, 0.15) is 0 Å². The maximum atomic E-state index is 12.7. The number of rotatable bonds is 7. The van der Waals surface area contributed by atoms with Gasteiger partial charge in [-0.3, -0.25) is 9.36 Å². The second-order valence-corrected chi connectivity index (χ2v) is 9.33. The van der Waals surface area contributed by atoms with Crippen molar-refractivity contribution in [3.8, 4) is 5.69 Å². The number of nitrogens with zero attached hydrogens (tertiary/aromatic N) is 3. The fourth-order valence-corrected chi connectivity index (χ4v) is 4.82. The van der Waals surface area contributed by atoms with Gasteiger partial charge >= 0.3 is 0 Å². The Morgan fingerprint density at radius 1 is 0.970 bits per heavy atom. The fourth-order valence-electron chi connectivity index (χ4n) is 3.39. The molecule has 1 N–H and O–H groups in total. The molecule has 0 aliphatic rings. The first-order valence-electron chi connectivity index (χ1n) is 10.3. The number of amides is 1. The van der Waals surface area contributed by atoms with E-state index in [1.54, 1.807) is 36.0 Å². The normalized spacial score (nSPS) is 10.9. The second-order valence-electron chi connectivity index (χ2n) is 7.54. The number of hydrogen-bond acceptors (Lipinski definition) is 4. The third-order valence-electron chi connectivity index (χ3n) is 5.26. The maximum Gasteiger partial charge on any atom is 0.253 e. The summed E-state index contributed by atoms with van der Waals surface area (Å²) in [6, 6.07) is 20.9. The molecule has 0 spiro atoms. The summed E-state index contributed by atoms with van der Waals surface area (Å²) in [4.78, 5) is 12.7. The van der Waals surface area contributed by atoms with Crippen LogP contribution in [-0.4, -0.2) is 20.7 Å². The Morgan fingerprint density at radius 2 is 1.73 bits per heavy atom. The van der Waals surface area contributed by atoms with Crippen molar-refractivity contribution in [2.45, 2.75) is 31.3 Å². The number of aromatic nitrogens is 3. The lowest BCUT2D eigenvalue weighted by atomic mass is 10.1. The minimum atomic E-state index is -0.271. The van der Waals surface area contributed by atoms with Crippen molar-refractivity contribution in [2.24, 2.45) is 0 Å². The summed E-state index contributed by atoms with van der Waals surface area (Å²) in [7, 11) is 0. The summed E-state index contributed by atoms with van der Waals surface area (Å²) in [5, 5.41) is 13.5. The van der Waals surface area contributed by atoms with E-state index in [0.717, 1.165) is 22.2 Å². The maximum absolute atomic E-state index is 12.7. The predicted octanol–water partition coefficient (Wildman–Crippen LogP) is 6.41. The first-order chi connectivity index (χ1) is 15.9. The Labute approximate surface area is 207 Å². The second kappa shape index (κ2) is 10.4. The predicted molar refractivity (Wildman–Crippen MR) is 134 cm³/mol. The van der Waals surface area contributed by atoms with Crippen LogP contribution >= 0.6 is 35.0 Å². The standard InChI is InChI=1S/C25H22Cl2N4OS/c1-16-7-3-4-8-18(16)15-33-25-30-29-23(31(25)22-13-19(26)12-11-17(22)2)14-28-24(32)20-9-5-6-10-21(20)27/h3-13H,14-15H2,1-2H3,(H,28,32). The number of aryl methyl sites for hydroxylation is 2. The number of hydrogen-bond donors (Lipinski definition) is 1. The molecule has 33 heavy (non-hydrogen) atoms. The molecule has 0 unspecified atom stereocenters. The smallest absolute Gasteiger partial charge is 0.253 e. The third kappa shape index (κ3) is 5.41. The van der Waals surface area contributed by atoms with E-state index in [1.165, 1.54) is 11.1 Å². The van der Waals surface area contributed by atoms with E-state index >= 15 is 0 Å². The molecule has 0 aliphatic heterocycles. The Bertz CT molecular complexity index is 1310. The molecule has 4 aromatic rings. The van der Waals surface area contributed by atoms with Crippen LogP contribution in [-0.2, 0) is 12.3 Å². The molecule has 0 saturated carbocycles. The van der Waals surface area contributed by atoms with Crippen molar-refractivity contribution in [2.75, 3.05) is 0 Å². The van der Waals surface area contributed by atoms with Gasteiger partial charge in [-0.1, -0.05) is 77.4 Å². The van der Waals surface area contributed by atoms with E-state index in [0.29, 0.717) is 21.4 Å². The summed E-state index contributed by atoms with van der Waals surface area (Å²) in [6.45, 7) is 4.29. The Balaban J connectivity index is 1.64. The highest BCUT2D eigenvalue weighted by molar-refractivity contribution is 7.98. The van der Waals surface area contributed by atoms with E-state index in [9.17, 15) is 4.79 Å². The quantitative estimate of drug-likeness (QED) is 0.300. The van der Waals surface area contributed by atoms with Gasteiger partial charge in [-0.05, 0) is 54.8 Å². The largest absolute Gasteiger partial charge is 0.345 e. The molecule has 0 aliphatic carbocycles. The number of carbonyl (C=O) groups excluding carboxylic acids is 1. The van der Waals surface area contributed by atoms with Gasteiger partial charge in [-0.15, -0.1) is 10.2 Å². The number of nitrogens with one attached hydrogen (secondary N) is 1. The molecule has 0 radical (unpaired) electrons. The molecule has 0 atom stereocenters. The number of halogens is 2. The van der Waals surface area contributed by atoms with Gasteiger partial charge in [0.05, 0.1) is 22.8 Å². The molecular formula is C25H22Cl2N4OS. The molecule has 168 valence electrons. The van der Waals surface area contributed by atoms with Crippen LogP contribution in [0, 0.1) is 13.8 Å². The van der Waals surface area contributed by atoms with E-state index in [1.807, 2.05) is 41.8 Å². The molecule has 3 aromatic carbocycles. The SMILES string of the molecule is Cc1ccccc1CSc1nnc(CNC(=O)c2ccccc2Cl)n1-c1cc(Cl)ccc1C. The lowest BCUT2D eigenvalue weighted by molar-refractivity contribution is 0.0950. The molecule has 8 heteroatoms. The van der Waals surface area contributed by atoms with Gasteiger partial charge in [0.25, 0.3) is 5.91 Å². The van der Waals surface area contributed by atoms with Crippen molar-refractivity contribution in [1.82, 2.24) is 20.1 Å². The highest BCUT2D eigenvalue weighted by Crippen LogP contribution is 2.29. The summed E-state index contributed by atoms with van der Waals surface area (Å²) in [6.07, 6.45) is 0. The molecule has 1 aromatic heterocycles. The molecule has 0 saturated heterocycles. The van der Waals surface area contributed by atoms with Crippen LogP contribution in [0.25, 0.3) is 5.69 Å². The Hall–Kier alpha value is -2.80. The van der Waals surface area contributed by atoms with Crippen LogP contribution in [0.3, 0.4) is 0 Å².